The van der Waals surface area contributed by atoms with Gasteiger partial charge in [-0.15, -0.1) is 0 Å². The van der Waals surface area contributed by atoms with Crippen LogP contribution in [0.3, 0.4) is 0 Å². The highest BCUT2D eigenvalue weighted by Gasteiger charge is 2.31. The minimum atomic E-state index is -0.423. The van der Waals surface area contributed by atoms with Crippen LogP contribution in [-0.2, 0) is 4.74 Å². The van der Waals surface area contributed by atoms with Gasteiger partial charge in [0, 0.05) is 0 Å². The second-order valence-electron chi connectivity index (χ2n) is 3.68. The number of rotatable bonds is 2. The Bertz CT molecular complexity index is 433. The third-order valence-corrected chi connectivity index (χ3v) is 3.57. The lowest BCUT2D eigenvalue weighted by Crippen LogP contribution is -2.34. The number of thioether (sulfide) groups is 1. The van der Waals surface area contributed by atoms with E-state index in [-0.39, 0.29) is 11.4 Å². The predicted molar refractivity (Wildman–Crippen MR) is 69.2 cm³/mol. The molecule has 0 saturated heterocycles. The number of amides is 1. The molecule has 2 atom stereocenters. The molecule has 1 aromatic carbocycles. The van der Waals surface area contributed by atoms with Crippen molar-refractivity contribution < 1.29 is 9.53 Å². The van der Waals surface area contributed by atoms with Crippen LogP contribution in [-0.4, -0.2) is 23.6 Å². The molecule has 2 rings (SSSR count). The monoisotopic (exact) mass is 250 g/mol. The Morgan fingerprint density at radius 2 is 2.12 bits per heavy atom. The van der Waals surface area contributed by atoms with E-state index in [0.29, 0.717) is 0 Å². The number of benzene rings is 1. The summed E-state index contributed by atoms with van der Waals surface area (Å²) in [5.41, 5.74) is 1.10. The quantitative estimate of drug-likeness (QED) is 0.877. The highest BCUT2D eigenvalue weighted by atomic mass is 32.2. The van der Waals surface area contributed by atoms with Crippen molar-refractivity contribution in [2.75, 3.05) is 7.11 Å². The number of aliphatic imine (C=N–C) groups is 1. The average molecular weight is 250 g/mol. The molecule has 0 aromatic heterocycles. The number of ether oxygens (including phenoxy) is 1. The molecule has 1 amide bonds. The summed E-state index contributed by atoms with van der Waals surface area (Å²) < 4.78 is 4.62. The number of alkyl carbamates (subject to hydrolysis) is 1. The molecule has 5 heteroatoms. The minimum Gasteiger partial charge on any atom is -0.453 e. The molecular weight excluding hydrogens is 236 g/mol. The maximum Gasteiger partial charge on any atom is 0.407 e. The summed E-state index contributed by atoms with van der Waals surface area (Å²) in [5, 5.41) is 3.67. The van der Waals surface area contributed by atoms with Crippen molar-refractivity contribution in [3.63, 3.8) is 0 Å². The third kappa shape index (κ3) is 2.79. The van der Waals surface area contributed by atoms with Crippen molar-refractivity contribution in [2.45, 2.75) is 18.3 Å². The van der Waals surface area contributed by atoms with Gasteiger partial charge in [0.25, 0.3) is 0 Å². The minimum absolute atomic E-state index is 0.0414. The van der Waals surface area contributed by atoms with Crippen molar-refractivity contribution in [3.8, 4) is 0 Å². The zero-order valence-electron chi connectivity index (χ0n) is 9.71. The van der Waals surface area contributed by atoms with Crippen LogP contribution in [0.5, 0.6) is 0 Å². The fourth-order valence-corrected chi connectivity index (χ4v) is 2.77. The summed E-state index contributed by atoms with van der Waals surface area (Å²) in [6, 6.07) is 9.89. The number of nitrogens with one attached hydrogen (secondary N) is 1. The molecule has 2 unspecified atom stereocenters. The largest absolute Gasteiger partial charge is 0.453 e. The van der Waals surface area contributed by atoms with Gasteiger partial charge in [0.05, 0.1) is 12.2 Å². The molecule has 0 saturated carbocycles. The molecule has 1 heterocycles. The Balaban J connectivity index is 2.16. The normalized spacial score (nSPS) is 23.1. The van der Waals surface area contributed by atoms with E-state index in [2.05, 4.69) is 15.0 Å². The van der Waals surface area contributed by atoms with Gasteiger partial charge in [0.15, 0.2) is 0 Å². The van der Waals surface area contributed by atoms with Crippen molar-refractivity contribution >= 4 is 22.9 Å². The van der Waals surface area contributed by atoms with Gasteiger partial charge in [0.2, 0.25) is 0 Å². The SMILES string of the molecule is COC(=O)NC1SC(C)=NC1c1ccccc1. The lowest BCUT2D eigenvalue weighted by atomic mass is 10.1. The lowest BCUT2D eigenvalue weighted by Gasteiger charge is -2.18. The van der Waals surface area contributed by atoms with E-state index in [9.17, 15) is 4.79 Å². The molecule has 4 nitrogen and oxygen atoms in total. The van der Waals surface area contributed by atoms with Crippen LogP contribution in [0.2, 0.25) is 0 Å². The van der Waals surface area contributed by atoms with Crippen LogP contribution in [0.25, 0.3) is 0 Å². The Hall–Kier alpha value is -1.49. The van der Waals surface area contributed by atoms with Crippen molar-refractivity contribution in [1.82, 2.24) is 5.32 Å². The fourth-order valence-electron chi connectivity index (χ4n) is 1.73. The van der Waals surface area contributed by atoms with Crippen LogP contribution in [0.1, 0.15) is 18.5 Å². The lowest BCUT2D eigenvalue weighted by molar-refractivity contribution is 0.169. The smallest absolute Gasteiger partial charge is 0.407 e. The van der Waals surface area contributed by atoms with Gasteiger partial charge in [-0.25, -0.2) is 4.79 Å². The maximum atomic E-state index is 11.3. The molecule has 0 radical (unpaired) electrons. The number of carbonyl (C=O) groups excluding carboxylic acids is 1. The summed E-state index contributed by atoms with van der Waals surface area (Å²) in [5.74, 6) is 0. The second-order valence-corrected chi connectivity index (χ2v) is 5.01. The first-order valence-corrected chi connectivity index (χ1v) is 6.19. The topological polar surface area (TPSA) is 50.7 Å². The zero-order chi connectivity index (χ0) is 12.3. The van der Waals surface area contributed by atoms with Gasteiger partial charge in [0.1, 0.15) is 11.4 Å². The van der Waals surface area contributed by atoms with Gasteiger partial charge < -0.3 is 10.1 Å². The molecule has 1 N–H and O–H groups in total. The van der Waals surface area contributed by atoms with Crippen molar-refractivity contribution in [1.29, 1.82) is 0 Å². The van der Waals surface area contributed by atoms with E-state index >= 15 is 0 Å². The van der Waals surface area contributed by atoms with Crippen molar-refractivity contribution in [2.24, 2.45) is 4.99 Å². The molecular formula is C12H14N2O2S. The number of nitrogens with zero attached hydrogens (tertiary/aromatic N) is 1. The molecule has 1 aromatic rings. The van der Waals surface area contributed by atoms with Crippen LogP contribution >= 0.6 is 11.8 Å². The first kappa shape index (κ1) is 12.0. The number of hydrogen-bond acceptors (Lipinski definition) is 4. The molecule has 90 valence electrons. The summed E-state index contributed by atoms with van der Waals surface area (Å²) >= 11 is 1.55. The van der Waals surface area contributed by atoms with E-state index in [0.717, 1.165) is 10.6 Å². The first-order valence-electron chi connectivity index (χ1n) is 5.31. The number of carbonyl (C=O) groups is 1. The summed E-state index contributed by atoms with van der Waals surface area (Å²) in [7, 11) is 1.36. The Labute approximate surface area is 104 Å². The summed E-state index contributed by atoms with van der Waals surface area (Å²) in [6.45, 7) is 1.94. The molecule has 0 fully saturated rings. The molecule has 17 heavy (non-hydrogen) atoms. The van der Waals surface area contributed by atoms with E-state index in [1.807, 2.05) is 37.3 Å². The van der Waals surface area contributed by atoms with Gasteiger partial charge in [-0.1, -0.05) is 42.1 Å². The zero-order valence-corrected chi connectivity index (χ0v) is 10.5. The van der Waals surface area contributed by atoms with Gasteiger partial charge >= 0.3 is 6.09 Å². The van der Waals surface area contributed by atoms with Gasteiger partial charge in [-0.05, 0) is 12.5 Å². The van der Waals surface area contributed by atoms with Crippen molar-refractivity contribution in [3.05, 3.63) is 35.9 Å². The van der Waals surface area contributed by atoms with Crippen LogP contribution in [0.4, 0.5) is 4.79 Å². The molecule has 0 bridgehead atoms. The van der Waals surface area contributed by atoms with Gasteiger partial charge in [-0.2, -0.15) is 0 Å². The van der Waals surface area contributed by atoms with Gasteiger partial charge in [-0.3, -0.25) is 4.99 Å². The fraction of sp³-hybridized carbons (Fsp3) is 0.333. The first-order chi connectivity index (χ1) is 8.20. The second kappa shape index (κ2) is 5.23. The standard InChI is InChI=1S/C12H14N2O2S/c1-8-13-10(9-6-4-3-5-7-9)11(17-8)14-12(15)16-2/h3-7,10-11H,1-2H3,(H,14,15). The Kier molecular flexibility index (Phi) is 3.68. The highest BCUT2D eigenvalue weighted by molar-refractivity contribution is 8.14. The molecule has 1 aliphatic rings. The average Bonchev–Trinajstić information content (AvgIpc) is 2.71. The molecule has 1 aliphatic heterocycles. The molecule has 0 spiro atoms. The van der Waals surface area contributed by atoms with E-state index in [4.69, 9.17) is 0 Å². The summed E-state index contributed by atoms with van der Waals surface area (Å²) in [6.07, 6.45) is -0.423. The molecule has 0 aliphatic carbocycles. The van der Waals surface area contributed by atoms with E-state index in [1.165, 1.54) is 7.11 Å². The Morgan fingerprint density at radius 3 is 2.76 bits per heavy atom. The van der Waals surface area contributed by atoms with E-state index in [1.54, 1.807) is 11.8 Å². The van der Waals surface area contributed by atoms with Crippen LogP contribution < -0.4 is 5.32 Å². The Morgan fingerprint density at radius 1 is 1.41 bits per heavy atom. The van der Waals surface area contributed by atoms with Crippen LogP contribution in [0.15, 0.2) is 35.3 Å². The number of hydrogen-bond donors (Lipinski definition) is 1. The van der Waals surface area contributed by atoms with Crippen LogP contribution in [0, 0.1) is 0 Å². The van der Waals surface area contributed by atoms with E-state index < -0.39 is 6.09 Å². The summed E-state index contributed by atoms with van der Waals surface area (Å²) in [4.78, 5) is 15.8. The highest BCUT2D eigenvalue weighted by Crippen LogP contribution is 2.35. The third-order valence-electron chi connectivity index (χ3n) is 2.49. The predicted octanol–water partition coefficient (Wildman–Crippen LogP) is 2.58. The maximum absolute atomic E-state index is 11.3. The number of methoxy groups -OCH3 is 1.